The molecule has 1 aromatic heterocycles. The number of ether oxygens (including phenoxy) is 1. The third-order valence-electron chi connectivity index (χ3n) is 5.37. The van der Waals surface area contributed by atoms with Crippen molar-refractivity contribution in [1.29, 1.82) is 0 Å². The van der Waals surface area contributed by atoms with E-state index in [9.17, 15) is 4.79 Å². The van der Waals surface area contributed by atoms with E-state index in [0.29, 0.717) is 12.5 Å². The molecule has 0 saturated carbocycles. The Morgan fingerprint density at radius 3 is 2.17 bits per heavy atom. The smallest absolute Gasteiger partial charge is 0.329 e. The van der Waals surface area contributed by atoms with Crippen LogP contribution in [-0.2, 0) is 9.53 Å². The summed E-state index contributed by atoms with van der Waals surface area (Å²) in [6.07, 6.45) is 3.75. The number of hydrogen-bond donors (Lipinski definition) is 1. The SMILES string of the molecule is O=C(O)COCC1CCN(c2cnc(-c3ccccc3)c(-c3ccccc3)n2)CC1. The summed E-state index contributed by atoms with van der Waals surface area (Å²) in [6, 6.07) is 20.3. The van der Waals surface area contributed by atoms with Gasteiger partial charge in [0.05, 0.1) is 24.2 Å². The highest BCUT2D eigenvalue weighted by Crippen LogP contribution is 2.31. The molecule has 0 radical (unpaired) electrons. The number of aromatic nitrogens is 2. The fourth-order valence-corrected chi connectivity index (χ4v) is 3.78. The van der Waals surface area contributed by atoms with E-state index < -0.39 is 5.97 Å². The molecule has 0 atom stereocenters. The summed E-state index contributed by atoms with van der Waals surface area (Å²) < 4.78 is 5.27. The van der Waals surface area contributed by atoms with Crippen LogP contribution in [0.4, 0.5) is 5.82 Å². The van der Waals surface area contributed by atoms with Crippen molar-refractivity contribution in [1.82, 2.24) is 9.97 Å². The molecular weight excluding hydrogens is 378 g/mol. The molecule has 4 rings (SSSR count). The number of carboxylic acid groups (broad SMARTS) is 1. The quantitative estimate of drug-likeness (QED) is 0.639. The largest absolute Gasteiger partial charge is 0.480 e. The predicted molar refractivity (Wildman–Crippen MR) is 116 cm³/mol. The van der Waals surface area contributed by atoms with E-state index in [-0.39, 0.29) is 6.61 Å². The lowest BCUT2D eigenvalue weighted by atomic mass is 9.98. The summed E-state index contributed by atoms with van der Waals surface area (Å²) in [5.74, 6) is 0.332. The fraction of sp³-hybridized carbons (Fsp3) is 0.292. The monoisotopic (exact) mass is 403 g/mol. The van der Waals surface area contributed by atoms with Crippen molar-refractivity contribution in [3.63, 3.8) is 0 Å². The maximum atomic E-state index is 10.6. The average Bonchev–Trinajstić information content (AvgIpc) is 2.80. The molecule has 1 saturated heterocycles. The van der Waals surface area contributed by atoms with Gasteiger partial charge in [-0.15, -0.1) is 0 Å². The predicted octanol–water partition coefficient (Wildman–Crippen LogP) is 4.13. The standard InChI is InChI=1S/C24H25N3O3/c28-22(29)17-30-16-18-11-13-27(14-12-18)21-15-25-23(19-7-3-1-4-8-19)24(26-21)20-9-5-2-6-10-20/h1-10,15,18H,11-14,16-17H2,(H,28,29). The molecule has 6 heteroatoms. The number of piperidine rings is 1. The van der Waals surface area contributed by atoms with Crippen molar-refractivity contribution in [3.8, 4) is 22.5 Å². The first-order valence-electron chi connectivity index (χ1n) is 10.2. The molecule has 1 fully saturated rings. The van der Waals surface area contributed by atoms with Crippen molar-refractivity contribution in [2.45, 2.75) is 12.8 Å². The van der Waals surface area contributed by atoms with Crippen LogP contribution in [0.1, 0.15) is 12.8 Å². The lowest BCUT2D eigenvalue weighted by Gasteiger charge is -2.32. The lowest BCUT2D eigenvalue weighted by Crippen LogP contribution is -2.36. The topological polar surface area (TPSA) is 75.6 Å². The molecule has 0 amide bonds. The van der Waals surface area contributed by atoms with E-state index in [1.165, 1.54) is 0 Å². The lowest BCUT2D eigenvalue weighted by molar-refractivity contribution is -0.142. The zero-order valence-corrected chi connectivity index (χ0v) is 16.8. The maximum absolute atomic E-state index is 10.6. The Labute approximate surface area is 176 Å². The van der Waals surface area contributed by atoms with Crippen LogP contribution in [0.15, 0.2) is 66.9 Å². The van der Waals surface area contributed by atoms with Gasteiger partial charge in [0, 0.05) is 24.2 Å². The van der Waals surface area contributed by atoms with Gasteiger partial charge in [-0.3, -0.25) is 4.98 Å². The zero-order valence-electron chi connectivity index (χ0n) is 16.8. The second-order valence-corrected chi connectivity index (χ2v) is 7.50. The van der Waals surface area contributed by atoms with E-state index >= 15 is 0 Å². The van der Waals surface area contributed by atoms with Gasteiger partial charge in [-0.2, -0.15) is 0 Å². The Morgan fingerprint density at radius 2 is 1.57 bits per heavy atom. The van der Waals surface area contributed by atoms with E-state index in [4.69, 9.17) is 19.8 Å². The van der Waals surface area contributed by atoms with Crippen LogP contribution in [0, 0.1) is 5.92 Å². The minimum absolute atomic E-state index is 0.229. The fourth-order valence-electron chi connectivity index (χ4n) is 3.78. The summed E-state index contributed by atoms with van der Waals surface area (Å²) in [6.45, 7) is 1.98. The third kappa shape index (κ3) is 4.83. The number of carboxylic acids is 1. The molecule has 0 aliphatic carbocycles. The van der Waals surface area contributed by atoms with E-state index in [2.05, 4.69) is 29.2 Å². The number of nitrogens with zero attached hydrogens (tertiary/aromatic N) is 3. The number of anilines is 1. The highest BCUT2D eigenvalue weighted by molar-refractivity contribution is 5.78. The van der Waals surface area contributed by atoms with E-state index in [1.807, 2.05) is 42.6 Å². The highest BCUT2D eigenvalue weighted by Gasteiger charge is 2.22. The molecule has 1 N–H and O–H groups in total. The first-order valence-corrected chi connectivity index (χ1v) is 10.2. The maximum Gasteiger partial charge on any atom is 0.329 e. The number of aliphatic carboxylic acids is 1. The van der Waals surface area contributed by atoms with Crippen molar-refractivity contribution in [3.05, 3.63) is 66.9 Å². The number of carbonyl (C=O) groups is 1. The second-order valence-electron chi connectivity index (χ2n) is 7.50. The summed E-state index contributed by atoms with van der Waals surface area (Å²) in [4.78, 5) is 22.7. The molecular formula is C24H25N3O3. The average molecular weight is 403 g/mol. The molecule has 30 heavy (non-hydrogen) atoms. The normalized spacial score (nSPS) is 14.6. The van der Waals surface area contributed by atoms with E-state index in [0.717, 1.165) is 54.3 Å². The van der Waals surface area contributed by atoms with Gasteiger partial charge in [-0.25, -0.2) is 9.78 Å². The van der Waals surface area contributed by atoms with Gasteiger partial charge in [0.25, 0.3) is 0 Å². The molecule has 3 aromatic rings. The molecule has 1 aliphatic heterocycles. The van der Waals surface area contributed by atoms with Gasteiger partial charge in [-0.1, -0.05) is 60.7 Å². The van der Waals surface area contributed by atoms with Crippen molar-refractivity contribution in [2.24, 2.45) is 5.92 Å². The summed E-state index contributed by atoms with van der Waals surface area (Å²) in [5.41, 5.74) is 3.85. The molecule has 0 spiro atoms. The first kappa shape index (κ1) is 20.0. The van der Waals surface area contributed by atoms with Crippen molar-refractivity contribution < 1.29 is 14.6 Å². The molecule has 2 heterocycles. The van der Waals surface area contributed by atoms with Gasteiger partial charge in [0.2, 0.25) is 0 Å². The highest BCUT2D eigenvalue weighted by atomic mass is 16.5. The number of benzene rings is 2. The van der Waals surface area contributed by atoms with Crippen LogP contribution in [0.2, 0.25) is 0 Å². The van der Waals surface area contributed by atoms with Crippen LogP contribution < -0.4 is 4.90 Å². The third-order valence-corrected chi connectivity index (χ3v) is 5.37. The Morgan fingerprint density at radius 1 is 0.967 bits per heavy atom. The summed E-state index contributed by atoms with van der Waals surface area (Å²) >= 11 is 0. The van der Waals surface area contributed by atoms with Gasteiger partial charge < -0.3 is 14.7 Å². The van der Waals surface area contributed by atoms with Crippen molar-refractivity contribution in [2.75, 3.05) is 31.2 Å². The Kier molecular flexibility index (Phi) is 6.35. The van der Waals surface area contributed by atoms with Crippen LogP contribution >= 0.6 is 0 Å². The first-order chi connectivity index (χ1) is 14.7. The molecule has 0 bridgehead atoms. The summed E-state index contributed by atoms with van der Waals surface area (Å²) in [5, 5.41) is 8.71. The van der Waals surface area contributed by atoms with Crippen LogP contribution in [-0.4, -0.2) is 47.3 Å². The zero-order chi connectivity index (χ0) is 20.8. The number of hydrogen-bond acceptors (Lipinski definition) is 5. The Balaban J connectivity index is 1.53. The second kappa shape index (κ2) is 9.50. The molecule has 2 aromatic carbocycles. The molecule has 154 valence electrons. The van der Waals surface area contributed by atoms with Crippen LogP contribution in [0.5, 0.6) is 0 Å². The number of rotatable bonds is 7. The molecule has 6 nitrogen and oxygen atoms in total. The molecule has 0 unspecified atom stereocenters. The Hall–Kier alpha value is -3.25. The van der Waals surface area contributed by atoms with Gasteiger partial charge >= 0.3 is 5.97 Å². The van der Waals surface area contributed by atoms with Crippen LogP contribution in [0.3, 0.4) is 0 Å². The van der Waals surface area contributed by atoms with Gasteiger partial charge in [-0.05, 0) is 18.8 Å². The summed E-state index contributed by atoms with van der Waals surface area (Å²) in [7, 11) is 0. The minimum atomic E-state index is -0.922. The van der Waals surface area contributed by atoms with Gasteiger partial charge in [0.1, 0.15) is 12.4 Å². The van der Waals surface area contributed by atoms with Crippen LogP contribution in [0.25, 0.3) is 22.5 Å². The minimum Gasteiger partial charge on any atom is -0.480 e. The Bertz CT molecular complexity index is 972. The van der Waals surface area contributed by atoms with Gasteiger partial charge in [0.15, 0.2) is 0 Å². The molecule has 1 aliphatic rings. The van der Waals surface area contributed by atoms with Crippen molar-refractivity contribution >= 4 is 11.8 Å². The van der Waals surface area contributed by atoms with E-state index in [1.54, 1.807) is 0 Å².